The van der Waals surface area contributed by atoms with E-state index in [4.69, 9.17) is 5.73 Å². The van der Waals surface area contributed by atoms with Gasteiger partial charge in [-0.25, -0.2) is 13.8 Å². The van der Waals surface area contributed by atoms with Gasteiger partial charge in [0.25, 0.3) is 0 Å². The van der Waals surface area contributed by atoms with Gasteiger partial charge >= 0.3 is 0 Å². The van der Waals surface area contributed by atoms with Crippen LogP contribution < -0.4 is 10.6 Å². The lowest BCUT2D eigenvalue weighted by atomic mass is 10.2. The number of hydrogen-bond donors (Lipinski definition) is 1. The number of benzene rings is 1. The zero-order valence-corrected chi connectivity index (χ0v) is 10.1. The summed E-state index contributed by atoms with van der Waals surface area (Å²) >= 11 is 0. The van der Waals surface area contributed by atoms with Crippen molar-refractivity contribution in [2.24, 2.45) is 0 Å². The normalized spacial score (nSPS) is 10.4. The third-order valence-electron chi connectivity index (χ3n) is 2.73. The maximum absolute atomic E-state index is 13.7. The Hall–Kier alpha value is -2.17. The fourth-order valence-electron chi connectivity index (χ4n) is 1.76. The second-order valence-electron chi connectivity index (χ2n) is 4.01. The number of pyridine rings is 1. The fourth-order valence-corrected chi connectivity index (χ4v) is 1.76. The fraction of sp³-hybridized carbons (Fsp3) is 0.154. The minimum Gasteiger partial charge on any atom is -0.381 e. The number of aromatic nitrogens is 1. The summed E-state index contributed by atoms with van der Waals surface area (Å²) in [6, 6.07) is 8.19. The number of anilines is 3. The van der Waals surface area contributed by atoms with Crippen molar-refractivity contribution in [1.29, 1.82) is 0 Å². The Bertz CT molecular complexity index is 584. The third-order valence-corrected chi connectivity index (χ3v) is 2.73. The molecule has 3 nitrogen and oxygen atoms in total. The number of hydrogen-bond acceptors (Lipinski definition) is 3. The van der Waals surface area contributed by atoms with Crippen LogP contribution in [0.5, 0.6) is 0 Å². The number of nitrogen functional groups attached to an aromatic ring is 1. The average molecular weight is 249 g/mol. The van der Waals surface area contributed by atoms with Gasteiger partial charge in [-0.05, 0) is 18.6 Å². The number of para-hydroxylation sites is 1. The first-order valence-corrected chi connectivity index (χ1v) is 5.41. The summed E-state index contributed by atoms with van der Waals surface area (Å²) in [6.07, 6.45) is 0. The largest absolute Gasteiger partial charge is 0.381 e. The quantitative estimate of drug-likeness (QED) is 0.889. The monoisotopic (exact) mass is 249 g/mol. The molecule has 18 heavy (non-hydrogen) atoms. The van der Waals surface area contributed by atoms with Crippen LogP contribution in [0.1, 0.15) is 5.56 Å². The van der Waals surface area contributed by atoms with Crippen LogP contribution in [0.3, 0.4) is 0 Å². The predicted octanol–water partition coefficient (Wildman–Crippen LogP) is 3.02. The summed E-state index contributed by atoms with van der Waals surface area (Å²) in [5.41, 5.74) is 7.11. The first-order chi connectivity index (χ1) is 8.50. The lowest BCUT2D eigenvalue weighted by molar-refractivity contribution is 0.577. The smallest absolute Gasteiger partial charge is 0.171 e. The summed E-state index contributed by atoms with van der Waals surface area (Å²) in [7, 11) is 1.66. The molecular formula is C13H13F2N3. The molecule has 0 atom stereocenters. The van der Waals surface area contributed by atoms with Crippen molar-refractivity contribution in [3.63, 3.8) is 0 Å². The number of rotatable bonds is 2. The first kappa shape index (κ1) is 12.3. The maximum atomic E-state index is 13.7. The molecular weight excluding hydrogens is 236 g/mol. The highest BCUT2D eigenvalue weighted by molar-refractivity contribution is 5.64. The van der Waals surface area contributed by atoms with Gasteiger partial charge in [-0.2, -0.15) is 0 Å². The van der Waals surface area contributed by atoms with E-state index in [0.717, 1.165) is 17.3 Å². The molecule has 2 N–H and O–H groups in total. The van der Waals surface area contributed by atoms with Crippen LogP contribution in [0.2, 0.25) is 0 Å². The van der Waals surface area contributed by atoms with E-state index >= 15 is 0 Å². The van der Waals surface area contributed by atoms with E-state index < -0.39 is 11.6 Å². The SMILES string of the molecule is Cc1ccccc1N(C)c1nc(N)c(F)cc1F. The van der Waals surface area contributed by atoms with Crippen molar-refractivity contribution in [1.82, 2.24) is 4.98 Å². The molecule has 1 heterocycles. The summed E-state index contributed by atoms with van der Waals surface area (Å²) in [5, 5.41) is 0. The van der Waals surface area contributed by atoms with Gasteiger partial charge in [0.05, 0.1) is 0 Å². The number of aryl methyl sites for hydroxylation is 1. The van der Waals surface area contributed by atoms with Crippen molar-refractivity contribution < 1.29 is 8.78 Å². The Morgan fingerprint density at radius 1 is 1.17 bits per heavy atom. The van der Waals surface area contributed by atoms with Crippen molar-refractivity contribution in [2.45, 2.75) is 6.92 Å². The van der Waals surface area contributed by atoms with Gasteiger partial charge in [0.1, 0.15) is 0 Å². The molecule has 0 saturated heterocycles. The van der Waals surface area contributed by atoms with Crippen molar-refractivity contribution in [2.75, 3.05) is 17.7 Å². The molecule has 0 radical (unpaired) electrons. The Morgan fingerprint density at radius 2 is 1.83 bits per heavy atom. The Morgan fingerprint density at radius 3 is 2.50 bits per heavy atom. The zero-order valence-electron chi connectivity index (χ0n) is 10.1. The third kappa shape index (κ3) is 2.11. The van der Waals surface area contributed by atoms with E-state index in [2.05, 4.69) is 4.98 Å². The molecule has 2 aromatic rings. The van der Waals surface area contributed by atoms with Crippen molar-refractivity contribution >= 4 is 17.3 Å². The van der Waals surface area contributed by atoms with E-state index in [1.807, 2.05) is 31.2 Å². The van der Waals surface area contributed by atoms with Gasteiger partial charge in [-0.15, -0.1) is 0 Å². The molecule has 0 fully saturated rings. The molecule has 0 aliphatic carbocycles. The predicted molar refractivity (Wildman–Crippen MR) is 67.8 cm³/mol. The van der Waals surface area contributed by atoms with E-state index in [1.165, 1.54) is 0 Å². The van der Waals surface area contributed by atoms with Crippen LogP contribution >= 0.6 is 0 Å². The summed E-state index contributed by atoms with van der Waals surface area (Å²) in [4.78, 5) is 5.29. The molecule has 0 aliphatic rings. The molecule has 0 unspecified atom stereocenters. The van der Waals surface area contributed by atoms with Crippen LogP contribution in [-0.2, 0) is 0 Å². The Labute approximate surface area is 104 Å². The molecule has 1 aromatic carbocycles. The minimum atomic E-state index is -0.852. The van der Waals surface area contributed by atoms with Crippen molar-refractivity contribution in [3.8, 4) is 0 Å². The average Bonchev–Trinajstić information content (AvgIpc) is 2.33. The second-order valence-corrected chi connectivity index (χ2v) is 4.01. The highest BCUT2D eigenvalue weighted by Gasteiger charge is 2.15. The van der Waals surface area contributed by atoms with Crippen LogP contribution in [0.15, 0.2) is 30.3 Å². The van der Waals surface area contributed by atoms with Crippen LogP contribution in [0.25, 0.3) is 0 Å². The highest BCUT2D eigenvalue weighted by Crippen LogP contribution is 2.28. The maximum Gasteiger partial charge on any atom is 0.171 e. The summed E-state index contributed by atoms with van der Waals surface area (Å²) in [5.74, 6) is -1.91. The molecule has 0 saturated carbocycles. The van der Waals surface area contributed by atoms with E-state index in [9.17, 15) is 8.78 Å². The summed E-state index contributed by atoms with van der Waals surface area (Å²) < 4.78 is 26.8. The van der Waals surface area contributed by atoms with Gasteiger partial charge in [-0.3, -0.25) is 0 Å². The lowest BCUT2D eigenvalue weighted by Crippen LogP contribution is -2.15. The van der Waals surface area contributed by atoms with Gasteiger partial charge in [0, 0.05) is 18.8 Å². The highest BCUT2D eigenvalue weighted by atomic mass is 19.1. The molecule has 0 bridgehead atoms. The van der Waals surface area contributed by atoms with Crippen LogP contribution in [-0.4, -0.2) is 12.0 Å². The Kier molecular flexibility index (Phi) is 3.14. The minimum absolute atomic E-state index is 0.00296. The molecule has 2 rings (SSSR count). The molecule has 1 aromatic heterocycles. The first-order valence-electron chi connectivity index (χ1n) is 5.41. The molecule has 0 aliphatic heterocycles. The van der Waals surface area contributed by atoms with E-state index in [0.29, 0.717) is 0 Å². The molecule has 94 valence electrons. The van der Waals surface area contributed by atoms with Gasteiger partial charge in [0.15, 0.2) is 23.3 Å². The second kappa shape index (κ2) is 4.60. The van der Waals surface area contributed by atoms with Crippen LogP contribution in [0.4, 0.5) is 26.1 Å². The number of nitrogens with two attached hydrogens (primary N) is 1. The molecule has 5 heteroatoms. The summed E-state index contributed by atoms with van der Waals surface area (Å²) in [6.45, 7) is 1.90. The Balaban J connectivity index is 2.50. The van der Waals surface area contributed by atoms with E-state index in [-0.39, 0.29) is 11.6 Å². The van der Waals surface area contributed by atoms with Gasteiger partial charge < -0.3 is 10.6 Å². The van der Waals surface area contributed by atoms with Crippen molar-refractivity contribution in [3.05, 3.63) is 47.5 Å². The van der Waals surface area contributed by atoms with Crippen LogP contribution in [0, 0.1) is 18.6 Å². The van der Waals surface area contributed by atoms with Gasteiger partial charge in [0.2, 0.25) is 0 Å². The van der Waals surface area contributed by atoms with Gasteiger partial charge in [-0.1, -0.05) is 18.2 Å². The topological polar surface area (TPSA) is 42.2 Å². The van der Waals surface area contributed by atoms with E-state index in [1.54, 1.807) is 11.9 Å². The number of halogens is 2. The number of nitrogens with zero attached hydrogens (tertiary/aromatic N) is 2. The molecule has 0 spiro atoms. The molecule has 0 amide bonds. The standard InChI is InChI=1S/C13H13F2N3/c1-8-5-3-4-6-11(8)18(2)13-10(15)7-9(14)12(16)17-13/h3-7H,1-2H3,(H2,16,17). The zero-order chi connectivity index (χ0) is 13.3. The lowest BCUT2D eigenvalue weighted by Gasteiger charge is -2.21.